The molecule has 0 heterocycles. The number of carbonyl (C=O) groups is 2. The van der Waals surface area contributed by atoms with Gasteiger partial charge in [0.15, 0.2) is 0 Å². The molecule has 176 valence electrons. The van der Waals surface area contributed by atoms with Crippen molar-refractivity contribution in [3.63, 3.8) is 0 Å². The standard InChI is InChI=1S/C23H19Cl2N3O5S/c1-34(31,32)28(18-9-12-20(24)21(25)13-18)15-22(29)27-26-14-16-7-10-19(11-8-16)33-23(30)17-5-3-2-4-6-17/h2-14H,15H2,1H3,(H,27,29)/b26-14+. The average Bonchev–Trinajstić information content (AvgIpc) is 2.80. The summed E-state index contributed by atoms with van der Waals surface area (Å²) in [6.07, 6.45) is 2.34. The van der Waals surface area contributed by atoms with E-state index in [0.29, 0.717) is 16.9 Å². The third-order valence-electron chi connectivity index (χ3n) is 4.38. The summed E-state index contributed by atoms with van der Waals surface area (Å²) in [5.74, 6) is -0.798. The van der Waals surface area contributed by atoms with Crippen molar-refractivity contribution in [1.29, 1.82) is 0 Å². The molecule has 8 nitrogen and oxygen atoms in total. The van der Waals surface area contributed by atoms with Crippen LogP contribution < -0.4 is 14.5 Å². The second kappa shape index (κ2) is 11.1. The van der Waals surface area contributed by atoms with Gasteiger partial charge in [-0.05, 0) is 60.2 Å². The summed E-state index contributed by atoms with van der Waals surface area (Å²) >= 11 is 11.8. The number of benzene rings is 3. The zero-order valence-corrected chi connectivity index (χ0v) is 20.1. The number of hydrogen-bond donors (Lipinski definition) is 1. The molecule has 0 spiro atoms. The van der Waals surface area contributed by atoms with E-state index in [1.54, 1.807) is 54.6 Å². The molecule has 0 saturated heterocycles. The summed E-state index contributed by atoms with van der Waals surface area (Å²) < 4.78 is 30.5. The lowest BCUT2D eigenvalue weighted by atomic mass is 10.2. The molecule has 1 N–H and O–H groups in total. The molecule has 0 aromatic heterocycles. The zero-order chi connectivity index (χ0) is 24.7. The van der Waals surface area contributed by atoms with E-state index < -0.39 is 28.4 Å². The number of sulfonamides is 1. The lowest BCUT2D eigenvalue weighted by Crippen LogP contribution is -2.39. The number of amides is 1. The molecule has 3 aromatic carbocycles. The Morgan fingerprint density at radius 2 is 1.68 bits per heavy atom. The molecule has 0 unspecified atom stereocenters. The highest BCUT2D eigenvalue weighted by Gasteiger charge is 2.21. The van der Waals surface area contributed by atoms with Crippen molar-refractivity contribution in [1.82, 2.24) is 5.43 Å². The first-order valence-corrected chi connectivity index (χ1v) is 12.4. The maximum absolute atomic E-state index is 12.3. The van der Waals surface area contributed by atoms with E-state index in [1.165, 1.54) is 24.4 Å². The van der Waals surface area contributed by atoms with Gasteiger partial charge < -0.3 is 4.74 Å². The Morgan fingerprint density at radius 1 is 1.00 bits per heavy atom. The fourth-order valence-electron chi connectivity index (χ4n) is 2.75. The van der Waals surface area contributed by atoms with Crippen LogP contribution in [0.1, 0.15) is 15.9 Å². The van der Waals surface area contributed by atoms with Gasteiger partial charge in [0.2, 0.25) is 10.0 Å². The van der Waals surface area contributed by atoms with Crippen LogP contribution in [0.15, 0.2) is 77.9 Å². The van der Waals surface area contributed by atoms with Crippen LogP contribution in [-0.2, 0) is 14.8 Å². The minimum Gasteiger partial charge on any atom is -0.423 e. The molecule has 0 aliphatic carbocycles. The van der Waals surface area contributed by atoms with Gasteiger partial charge in [0.25, 0.3) is 5.91 Å². The second-order valence-electron chi connectivity index (χ2n) is 6.99. The lowest BCUT2D eigenvalue weighted by Gasteiger charge is -2.21. The largest absolute Gasteiger partial charge is 0.423 e. The quantitative estimate of drug-likeness (QED) is 0.208. The topological polar surface area (TPSA) is 105 Å². The Balaban J connectivity index is 1.59. The average molecular weight is 520 g/mol. The first-order chi connectivity index (χ1) is 16.1. The number of anilines is 1. The molecule has 0 atom stereocenters. The van der Waals surface area contributed by atoms with Gasteiger partial charge in [-0.2, -0.15) is 5.10 Å². The van der Waals surface area contributed by atoms with Crippen molar-refractivity contribution in [3.8, 4) is 5.75 Å². The molecule has 0 radical (unpaired) electrons. The van der Waals surface area contributed by atoms with Crippen LogP contribution in [0.2, 0.25) is 10.0 Å². The van der Waals surface area contributed by atoms with E-state index in [-0.39, 0.29) is 15.7 Å². The Kier molecular flexibility index (Phi) is 8.27. The van der Waals surface area contributed by atoms with Gasteiger partial charge in [-0.25, -0.2) is 18.6 Å². The second-order valence-corrected chi connectivity index (χ2v) is 9.71. The first-order valence-electron chi connectivity index (χ1n) is 9.75. The zero-order valence-electron chi connectivity index (χ0n) is 17.8. The van der Waals surface area contributed by atoms with E-state index >= 15 is 0 Å². The normalized spacial score (nSPS) is 11.3. The van der Waals surface area contributed by atoms with E-state index in [4.69, 9.17) is 27.9 Å². The van der Waals surface area contributed by atoms with Gasteiger partial charge in [-0.15, -0.1) is 0 Å². The van der Waals surface area contributed by atoms with Crippen LogP contribution in [-0.4, -0.2) is 39.3 Å². The smallest absolute Gasteiger partial charge is 0.343 e. The lowest BCUT2D eigenvalue weighted by molar-refractivity contribution is -0.119. The van der Waals surface area contributed by atoms with Gasteiger partial charge >= 0.3 is 5.97 Å². The fourth-order valence-corrected chi connectivity index (χ4v) is 3.89. The summed E-state index contributed by atoms with van der Waals surface area (Å²) in [6.45, 7) is -0.511. The highest BCUT2D eigenvalue weighted by Crippen LogP contribution is 2.28. The highest BCUT2D eigenvalue weighted by molar-refractivity contribution is 7.92. The van der Waals surface area contributed by atoms with E-state index in [9.17, 15) is 18.0 Å². The van der Waals surface area contributed by atoms with Crippen molar-refractivity contribution < 1.29 is 22.7 Å². The molecule has 3 aromatic rings. The minimum atomic E-state index is -3.78. The third kappa shape index (κ3) is 7.05. The van der Waals surface area contributed by atoms with Gasteiger partial charge in [0, 0.05) is 0 Å². The number of rotatable bonds is 8. The number of halogens is 2. The SMILES string of the molecule is CS(=O)(=O)N(CC(=O)N/N=C/c1ccc(OC(=O)c2ccccc2)cc1)c1ccc(Cl)c(Cl)c1. The summed E-state index contributed by atoms with van der Waals surface area (Å²) in [6, 6.07) is 19.3. The van der Waals surface area contributed by atoms with E-state index in [2.05, 4.69) is 10.5 Å². The molecule has 0 saturated carbocycles. The molecular weight excluding hydrogens is 501 g/mol. The molecule has 1 amide bonds. The summed E-state index contributed by atoms with van der Waals surface area (Å²) in [5.41, 5.74) is 3.51. The predicted octanol–water partition coefficient (Wildman–Crippen LogP) is 4.13. The molecule has 0 fully saturated rings. The molecule has 34 heavy (non-hydrogen) atoms. The van der Waals surface area contributed by atoms with Crippen LogP contribution >= 0.6 is 23.2 Å². The van der Waals surface area contributed by atoms with Crippen molar-refractivity contribution >= 4 is 57.0 Å². The number of carbonyl (C=O) groups excluding carboxylic acids is 2. The number of hydrazone groups is 1. The maximum Gasteiger partial charge on any atom is 0.343 e. The summed E-state index contributed by atoms with van der Waals surface area (Å²) in [7, 11) is -3.78. The van der Waals surface area contributed by atoms with Gasteiger partial charge in [0.1, 0.15) is 12.3 Å². The first kappa shape index (κ1) is 25.2. The van der Waals surface area contributed by atoms with Crippen LogP contribution in [0.3, 0.4) is 0 Å². The molecule has 0 aliphatic heterocycles. The summed E-state index contributed by atoms with van der Waals surface area (Å²) in [4.78, 5) is 24.4. The Bertz CT molecular complexity index is 1310. The molecule has 11 heteroatoms. The third-order valence-corrected chi connectivity index (χ3v) is 6.26. The fraction of sp³-hybridized carbons (Fsp3) is 0.0870. The highest BCUT2D eigenvalue weighted by atomic mass is 35.5. The van der Waals surface area contributed by atoms with E-state index in [0.717, 1.165) is 10.6 Å². The predicted molar refractivity (Wildman–Crippen MR) is 132 cm³/mol. The van der Waals surface area contributed by atoms with Crippen molar-refractivity contribution in [2.45, 2.75) is 0 Å². The number of nitrogens with zero attached hydrogens (tertiary/aromatic N) is 2. The number of hydrogen-bond acceptors (Lipinski definition) is 6. The minimum absolute atomic E-state index is 0.157. The summed E-state index contributed by atoms with van der Waals surface area (Å²) in [5, 5.41) is 4.25. The Hall–Kier alpha value is -3.40. The number of nitrogens with one attached hydrogen (secondary N) is 1. The van der Waals surface area contributed by atoms with Crippen LogP contribution in [0, 0.1) is 0 Å². The van der Waals surface area contributed by atoms with E-state index in [1.807, 2.05) is 0 Å². The van der Waals surface area contributed by atoms with Crippen LogP contribution in [0.5, 0.6) is 5.75 Å². The molecule has 3 rings (SSSR count). The monoisotopic (exact) mass is 519 g/mol. The number of esters is 1. The Morgan fingerprint density at radius 3 is 2.29 bits per heavy atom. The van der Waals surface area contributed by atoms with Crippen molar-refractivity contribution in [2.75, 3.05) is 17.1 Å². The Labute approximate surface area is 206 Å². The maximum atomic E-state index is 12.3. The van der Waals surface area contributed by atoms with Gasteiger partial charge in [0.05, 0.1) is 33.8 Å². The van der Waals surface area contributed by atoms with Gasteiger partial charge in [-0.3, -0.25) is 9.10 Å². The van der Waals surface area contributed by atoms with Gasteiger partial charge in [-0.1, -0.05) is 41.4 Å². The molecular formula is C23H19Cl2N3O5S. The number of ether oxygens (including phenoxy) is 1. The molecule has 0 bridgehead atoms. The molecule has 0 aliphatic rings. The van der Waals surface area contributed by atoms with Crippen molar-refractivity contribution in [3.05, 3.63) is 94.0 Å². The van der Waals surface area contributed by atoms with Crippen molar-refractivity contribution in [2.24, 2.45) is 5.10 Å². The van der Waals surface area contributed by atoms with Crippen LogP contribution in [0.4, 0.5) is 5.69 Å². The van der Waals surface area contributed by atoms with Crippen LogP contribution in [0.25, 0.3) is 0 Å².